The Morgan fingerprint density at radius 2 is 1.89 bits per heavy atom. The Bertz CT molecular complexity index is 378. The molecule has 4 nitrogen and oxygen atoms in total. The summed E-state index contributed by atoms with van der Waals surface area (Å²) < 4.78 is 5.82. The third-order valence-corrected chi connectivity index (χ3v) is 4.67. The average Bonchev–Trinajstić information content (AvgIpc) is 2.26. The van der Waals surface area contributed by atoms with Crippen LogP contribution in [0.2, 0.25) is 0 Å². The predicted octanol–water partition coefficient (Wildman–Crippen LogP) is 2.13. The monoisotopic (exact) mass is 267 g/mol. The van der Waals surface area contributed by atoms with Crippen LogP contribution in [0.5, 0.6) is 0 Å². The normalized spacial score (nSPS) is 36.1. The van der Waals surface area contributed by atoms with Crippen LogP contribution in [-0.4, -0.2) is 24.5 Å². The third-order valence-electron chi connectivity index (χ3n) is 4.67. The van der Waals surface area contributed by atoms with E-state index in [0.717, 1.165) is 12.8 Å². The van der Waals surface area contributed by atoms with Crippen molar-refractivity contribution in [2.75, 3.05) is 6.61 Å². The van der Waals surface area contributed by atoms with Gasteiger partial charge >= 0.3 is 0 Å². The number of hydrogen-bond acceptors (Lipinski definition) is 3. The fourth-order valence-corrected chi connectivity index (χ4v) is 3.82. The van der Waals surface area contributed by atoms with E-state index in [2.05, 4.69) is 33.0 Å². The van der Waals surface area contributed by atoms with Gasteiger partial charge in [0.2, 0.25) is 11.8 Å². The third kappa shape index (κ3) is 2.69. The van der Waals surface area contributed by atoms with Gasteiger partial charge in [0.1, 0.15) is 0 Å². The molecule has 2 aliphatic heterocycles. The SMILES string of the molecule is CC(C)C1CC2(CCO1)CC(=O)NC(=O)C2C(C)C. The molecule has 0 aromatic rings. The van der Waals surface area contributed by atoms with Crippen molar-refractivity contribution in [1.29, 1.82) is 0 Å². The van der Waals surface area contributed by atoms with Crippen LogP contribution in [-0.2, 0) is 14.3 Å². The van der Waals surface area contributed by atoms with Crippen molar-refractivity contribution in [3.63, 3.8) is 0 Å². The largest absolute Gasteiger partial charge is 0.378 e. The zero-order valence-electron chi connectivity index (χ0n) is 12.4. The number of ether oxygens (including phenoxy) is 1. The molecule has 19 heavy (non-hydrogen) atoms. The molecule has 2 saturated heterocycles. The van der Waals surface area contributed by atoms with Crippen molar-refractivity contribution in [3.05, 3.63) is 0 Å². The van der Waals surface area contributed by atoms with E-state index in [1.165, 1.54) is 0 Å². The maximum atomic E-state index is 12.2. The number of nitrogens with one attached hydrogen (secondary N) is 1. The van der Waals surface area contributed by atoms with Crippen LogP contribution in [0, 0.1) is 23.2 Å². The zero-order chi connectivity index (χ0) is 14.2. The summed E-state index contributed by atoms with van der Waals surface area (Å²) in [6.07, 6.45) is 2.27. The highest BCUT2D eigenvalue weighted by atomic mass is 16.5. The van der Waals surface area contributed by atoms with Crippen molar-refractivity contribution in [1.82, 2.24) is 5.32 Å². The number of imide groups is 1. The highest BCUT2D eigenvalue weighted by Crippen LogP contribution is 2.49. The molecule has 2 amide bonds. The number of piperidine rings is 1. The molecule has 3 unspecified atom stereocenters. The van der Waals surface area contributed by atoms with Gasteiger partial charge in [-0.05, 0) is 30.1 Å². The van der Waals surface area contributed by atoms with E-state index in [9.17, 15) is 9.59 Å². The molecule has 3 atom stereocenters. The van der Waals surface area contributed by atoms with Crippen LogP contribution in [0.4, 0.5) is 0 Å². The second-order valence-corrected chi connectivity index (χ2v) is 6.78. The Labute approximate surface area is 115 Å². The first-order chi connectivity index (χ1) is 8.85. The summed E-state index contributed by atoms with van der Waals surface area (Å²) in [7, 11) is 0. The molecule has 1 spiro atoms. The van der Waals surface area contributed by atoms with E-state index in [-0.39, 0.29) is 35.2 Å². The molecule has 2 fully saturated rings. The van der Waals surface area contributed by atoms with Gasteiger partial charge in [-0.25, -0.2) is 0 Å². The second kappa shape index (κ2) is 5.23. The smallest absolute Gasteiger partial charge is 0.230 e. The van der Waals surface area contributed by atoms with E-state index in [0.29, 0.717) is 18.9 Å². The van der Waals surface area contributed by atoms with Gasteiger partial charge in [0.05, 0.1) is 6.10 Å². The fourth-order valence-electron chi connectivity index (χ4n) is 3.82. The van der Waals surface area contributed by atoms with Crippen molar-refractivity contribution < 1.29 is 14.3 Å². The van der Waals surface area contributed by atoms with Crippen LogP contribution in [0.25, 0.3) is 0 Å². The van der Waals surface area contributed by atoms with E-state index < -0.39 is 0 Å². The highest BCUT2D eigenvalue weighted by molar-refractivity contribution is 5.99. The Morgan fingerprint density at radius 3 is 2.47 bits per heavy atom. The molecule has 0 radical (unpaired) electrons. The van der Waals surface area contributed by atoms with Gasteiger partial charge in [-0.2, -0.15) is 0 Å². The molecule has 108 valence electrons. The van der Waals surface area contributed by atoms with E-state index in [1.54, 1.807) is 0 Å². The molecular formula is C15H25NO3. The van der Waals surface area contributed by atoms with E-state index >= 15 is 0 Å². The molecule has 1 N–H and O–H groups in total. The second-order valence-electron chi connectivity index (χ2n) is 6.78. The summed E-state index contributed by atoms with van der Waals surface area (Å²) >= 11 is 0. The van der Waals surface area contributed by atoms with Crippen molar-refractivity contribution >= 4 is 11.8 Å². The summed E-state index contributed by atoms with van der Waals surface area (Å²) in [4.78, 5) is 24.0. The van der Waals surface area contributed by atoms with Gasteiger partial charge in [-0.3, -0.25) is 14.9 Å². The van der Waals surface area contributed by atoms with E-state index in [4.69, 9.17) is 4.74 Å². The van der Waals surface area contributed by atoms with Gasteiger partial charge in [-0.1, -0.05) is 27.7 Å². The summed E-state index contributed by atoms with van der Waals surface area (Å²) in [6.45, 7) is 9.08. The van der Waals surface area contributed by atoms with Crippen molar-refractivity contribution in [2.24, 2.45) is 23.2 Å². The minimum Gasteiger partial charge on any atom is -0.378 e. The molecule has 2 rings (SSSR count). The predicted molar refractivity (Wildman–Crippen MR) is 72.3 cm³/mol. The molecule has 0 aliphatic carbocycles. The zero-order valence-corrected chi connectivity index (χ0v) is 12.4. The summed E-state index contributed by atoms with van der Waals surface area (Å²) in [5.41, 5.74) is -0.194. The van der Waals surface area contributed by atoms with Crippen LogP contribution >= 0.6 is 0 Å². The topological polar surface area (TPSA) is 55.4 Å². The molecule has 4 heteroatoms. The van der Waals surface area contributed by atoms with Crippen molar-refractivity contribution in [3.8, 4) is 0 Å². The maximum Gasteiger partial charge on any atom is 0.230 e. The van der Waals surface area contributed by atoms with Gasteiger partial charge < -0.3 is 4.74 Å². The lowest BCUT2D eigenvalue weighted by Gasteiger charge is -2.49. The summed E-state index contributed by atoms with van der Waals surface area (Å²) in [5, 5.41) is 2.51. The number of amides is 2. The lowest BCUT2D eigenvalue weighted by atomic mass is 9.60. The standard InChI is InChI=1S/C15H25NO3/c1-9(2)11-7-15(5-6-19-11)8-12(17)16-14(18)13(15)10(3)4/h9-11,13H,5-8H2,1-4H3,(H,16,17,18). The van der Waals surface area contributed by atoms with Gasteiger partial charge in [0, 0.05) is 18.9 Å². The highest BCUT2D eigenvalue weighted by Gasteiger charge is 2.52. The molecule has 0 aromatic carbocycles. The summed E-state index contributed by atoms with van der Waals surface area (Å²) in [6, 6.07) is 0. The lowest BCUT2D eigenvalue weighted by molar-refractivity contribution is -0.157. The van der Waals surface area contributed by atoms with E-state index in [1.807, 2.05) is 0 Å². The Hall–Kier alpha value is -0.900. The fraction of sp³-hybridized carbons (Fsp3) is 0.867. The van der Waals surface area contributed by atoms with Gasteiger partial charge in [-0.15, -0.1) is 0 Å². The number of carbonyl (C=O) groups is 2. The molecular weight excluding hydrogens is 242 g/mol. The molecule has 2 aliphatic rings. The first kappa shape index (κ1) is 14.5. The first-order valence-electron chi connectivity index (χ1n) is 7.31. The Balaban J connectivity index is 2.30. The Kier molecular flexibility index (Phi) is 4.00. The number of hydrogen-bond donors (Lipinski definition) is 1. The summed E-state index contributed by atoms with van der Waals surface area (Å²) in [5.74, 6) is 0.390. The minimum atomic E-state index is -0.194. The van der Waals surface area contributed by atoms with Gasteiger partial charge in [0.15, 0.2) is 0 Å². The molecule has 0 bridgehead atoms. The number of rotatable bonds is 2. The van der Waals surface area contributed by atoms with Crippen molar-refractivity contribution in [2.45, 2.75) is 53.1 Å². The Morgan fingerprint density at radius 1 is 1.21 bits per heavy atom. The number of carbonyl (C=O) groups excluding carboxylic acids is 2. The van der Waals surface area contributed by atoms with Gasteiger partial charge in [0.25, 0.3) is 0 Å². The first-order valence-corrected chi connectivity index (χ1v) is 7.31. The molecule has 2 heterocycles. The van der Waals surface area contributed by atoms with Crippen LogP contribution in [0.1, 0.15) is 47.0 Å². The van der Waals surface area contributed by atoms with Crippen LogP contribution in [0.15, 0.2) is 0 Å². The van der Waals surface area contributed by atoms with Crippen LogP contribution in [0.3, 0.4) is 0 Å². The minimum absolute atomic E-state index is 0.0738. The molecule has 0 aromatic heterocycles. The lowest BCUT2D eigenvalue weighted by Crippen LogP contribution is -2.57. The quantitative estimate of drug-likeness (QED) is 0.780. The maximum absolute atomic E-state index is 12.2. The molecule has 0 saturated carbocycles. The average molecular weight is 267 g/mol. The van der Waals surface area contributed by atoms with Crippen LogP contribution < -0.4 is 5.32 Å².